The number of halogens is 4. The van der Waals surface area contributed by atoms with E-state index in [1.165, 1.54) is 18.5 Å². The fourth-order valence-electron chi connectivity index (χ4n) is 3.07. The maximum atomic E-state index is 13.4. The summed E-state index contributed by atoms with van der Waals surface area (Å²) in [7, 11) is 0. The van der Waals surface area contributed by atoms with Crippen LogP contribution in [0.15, 0.2) is 36.7 Å². The molecule has 1 aliphatic carbocycles. The highest BCUT2D eigenvalue weighted by Crippen LogP contribution is 2.47. The van der Waals surface area contributed by atoms with Crippen LogP contribution < -0.4 is 5.32 Å². The minimum Gasteiger partial charge on any atom is -0.359 e. The standard InChI is InChI=1S/C18H13F4N3O/c19-12-3-11-15(4-13(12)20)24-8-16(11)25-17(26)9-1-2-14(23-7-9)10-5-18(21,22)6-10/h1-4,7-8,10,24H,5-6H2,(H,25,26). The highest BCUT2D eigenvalue weighted by atomic mass is 19.3. The van der Waals surface area contributed by atoms with Gasteiger partial charge >= 0.3 is 0 Å². The zero-order chi connectivity index (χ0) is 18.5. The zero-order valence-electron chi connectivity index (χ0n) is 13.3. The predicted molar refractivity (Wildman–Crippen MR) is 87.3 cm³/mol. The van der Waals surface area contributed by atoms with E-state index in [2.05, 4.69) is 15.3 Å². The molecule has 2 aromatic heterocycles. The van der Waals surface area contributed by atoms with Crippen molar-refractivity contribution >= 4 is 22.5 Å². The van der Waals surface area contributed by atoms with Gasteiger partial charge in [0.15, 0.2) is 11.6 Å². The summed E-state index contributed by atoms with van der Waals surface area (Å²) in [5.41, 5.74) is 1.40. The second kappa shape index (κ2) is 5.82. The number of aromatic amines is 1. The quantitative estimate of drug-likeness (QED) is 0.668. The summed E-state index contributed by atoms with van der Waals surface area (Å²) < 4.78 is 52.5. The number of hydrogen-bond acceptors (Lipinski definition) is 2. The largest absolute Gasteiger partial charge is 0.359 e. The first-order valence-corrected chi connectivity index (χ1v) is 7.94. The van der Waals surface area contributed by atoms with Crippen molar-refractivity contribution in [3.05, 3.63) is 59.6 Å². The number of fused-ring (bicyclic) bond motifs is 1. The van der Waals surface area contributed by atoms with Gasteiger partial charge in [-0.1, -0.05) is 0 Å². The van der Waals surface area contributed by atoms with Gasteiger partial charge in [0.1, 0.15) is 0 Å². The van der Waals surface area contributed by atoms with Crippen LogP contribution in [0.3, 0.4) is 0 Å². The molecule has 0 unspecified atom stereocenters. The van der Waals surface area contributed by atoms with Crippen LogP contribution >= 0.6 is 0 Å². The molecule has 0 aliphatic heterocycles. The van der Waals surface area contributed by atoms with Gasteiger partial charge in [-0.25, -0.2) is 17.6 Å². The van der Waals surface area contributed by atoms with Crippen LogP contribution in [0.1, 0.15) is 34.8 Å². The number of pyridine rings is 1. The van der Waals surface area contributed by atoms with E-state index in [9.17, 15) is 22.4 Å². The van der Waals surface area contributed by atoms with E-state index >= 15 is 0 Å². The topological polar surface area (TPSA) is 57.8 Å². The van der Waals surface area contributed by atoms with Crippen LogP contribution in [-0.4, -0.2) is 21.8 Å². The number of carbonyl (C=O) groups excluding carboxylic acids is 1. The normalized spacial score (nSPS) is 16.5. The summed E-state index contributed by atoms with van der Waals surface area (Å²) in [6.45, 7) is 0. The smallest absolute Gasteiger partial charge is 0.257 e. The molecular formula is C18H13F4N3O. The Kier molecular flexibility index (Phi) is 3.71. The third kappa shape index (κ3) is 2.91. The van der Waals surface area contributed by atoms with E-state index in [0.29, 0.717) is 22.3 Å². The molecule has 2 heterocycles. The molecular weight excluding hydrogens is 350 g/mol. The highest BCUT2D eigenvalue weighted by molar-refractivity contribution is 6.08. The molecule has 8 heteroatoms. The number of hydrogen-bond donors (Lipinski definition) is 2. The number of nitrogens with one attached hydrogen (secondary N) is 2. The Morgan fingerprint density at radius 2 is 1.92 bits per heavy atom. The molecule has 134 valence electrons. The van der Waals surface area contributed by atoms with Crippen LogP contribution in [0.25, 0.3) is 10.9 Å². The number of nitrogens with zero attached hydrogens (tertiary/aromatic N) is 1. The lowest BCUT2D eigenvalue weighted by Crippen LogP contribution is -2.34. The van der Waals surface area contributed by atoms with E-state index in [1.807, 2.05) is 0 Å². The molecule has 3 aromatic rings. The van der Waals surface area contributed by atoms with Gasteiger partial charge in [-0.3, -0.25) is 9.78 Å². The van der Waals surface area contributed by atoms with Crippen molar-refractivity contribution in [1.29, 1.82) is 0 Å². The summed E-state index contributed by atoms with van der Waals surface area (Å²) in [4.78, 5) is 19.2. The third-order valence-corrected chi connectivity index (χ3v) is 4.53. The van der Waals surface area contributed by atoms with Gasteiger partial charge in [0.2, 0.25) is 5.92 Å². The van der Waals surface area contributed by atoms with Gasteiger partial charge in [-0.05, 0) is 18.2 Å². The number of anilines is 1. The number of aromatic nitrogens is 2. The zero-order valence-corrected chi connectivity index (χ0v) is 13.3. The van der Waals surface area contributed by atoms with Crippen molar-refractivity contribution in [1.82, 2.24) is 9.97 Å². The Bertz CT molecular complexity index is 990. The molecule has 0 bridgehead atoms. The molecule has 4 nitrogen and oxygen atoms in total. The van der Waals surface area contributed by atoms with Crippen molar-refractivity contribution in [3.63, 3.8) is 0 Å². The first-order valence-electron chi connectivity index (χ1n) is 7.94. The molecule has 4 rings (SSSR count). The summed E-state index contributed by atoms with van der Waals surface area (Å²) in [5, 5.41) is 2.93. The van der Waals surface area contributed by atoms with Crippen LogP contribution in [0, 0.1) is 11.6 Å². The maximum Gasteiger partial charge on any atom is 0.257 e. The van der Waals surface area contributed by atoms with Gasteiger partial charge in [0, 0.05) is 48.3 Å². The van der Waals surface area contributed by atoms with E-state index in [1.54, 1.807) is 6.07 Å². The molecule has 26 heavy (non-hydrogen) atoms. The van der Waals surface area contributed by atoms with Crippen molar-refractivity contribution in [2.45, 2.75) is 24.7 Å². The molecule has 0 radical (unpaired) electrons. The van der Waals surface area contributed by atoms with Crippen molar-refractivity contribution in [2.75, 3.05) is 5.32 Å². The average Bonchev–Trinajstić information content (AvgIpc) is 2.95. The molecule has 1 amide bonds. The Hall–Kier alpha value is -2.90. The Morgan fingerprint density at radius 3 is 2.58 bits per heavy atom. The lowest BCUT2D eigenvalue weighted by Gasteiger charge is -2.34. The molecule has 1 aromatic carbocycles. The Balaban J connectivity index is 1.51. The van der Waals surface area contributed by atoms with Gasteiger partial charge in [-0.15, -0.1) is 0 Å². The molecule has 1 saturated carbocycles. The van der Waals surface area contributed by atoms with E-state index in [0.717, 1.165) is 12.1 Å². The number of benzene rings is 1. The van der Waals surface area contributed by atoms with E-state index in [4.69, 9.17) is 0 Å². The minimum absolute atomic E-state index is 0.233. The first-order chi connectivity index (χ1) is 12.3. The second-order valence-electron chi connectivity index (χ2n) is 6.40. The Labute approximate surface area is 145 Å². The number of H-pyrrole nitrogens is 1. The van der Waals surface area contributed by atoms with E-state index < -0.39 is 23.5 Å². The fraction of sp³-hybridized carbons (Fsp3) is 0.222. The molecule has 0 atom stereocenters. The average molecular weight is 363 g/mol. The third-order valence-electron chi connectivity index (χ3n) is 4.53. The molecule has 0 saturated heterocycles. The lowest BCUT2D eigenvalue weighted by atomic mass is 9.79. The minimum atomic E-state index is -2.63. The van der Waals surface area contributed by atoms with Crippen molar-refractivity contribution in [3.8, 4) is 0 Å². The Morgan fingerprint density at radius 1 is 1.19 bits per heavy atom. The summed E-state index contributed by atoms with van der Waals surface area (Å²) in [6.07, 6.45) is 2.28. The molecule has 2 N–H and O–H groups in total. The second-order valence-corrected chi connectivity index (χ2v) is 6.40. The highest BCUT2D eigenvalue weighted by Gasteiger charge is 2.46. The van der Waals surface area contributed by atoms with Crippen LogP contribution in [-0.2, 0) is 0 Å². The number of rotatable bonds is 3. The van der Waals surface area contributed by atoms with E-state index in [-0.39, 0.29) is 24.3 Å². The van der Waals surface area contributed by atoms with Crippen LogP contribution in [0.2, 0.25) is 0 Å². The van der Waals surface area contributed by atoms with Gasteiger partial charge in [0.05, 0.1) is 16.8 Å². The SMILES string of the molecule is O=C(Nc1c[nH]c2cc(F)c(F)cc12)c1ccc(C2CC(F)(F)C2)nc1. The summed E-state index contributed by atoms with van der Waals surface area (Å²) >= 11 is 0. The van der Waals surface area contributed by atoms with Crippen molar-refractivity contribution < 1.29 is 22.4 Å². The summed E-state index contributed by atoms with van der Waals surface area (Å²) in [6, 6.07) is 5.06. The number of alkyl halides is 2. The number of amides is 1. The van der Waals surface area contributed by atoms with Gasteiger partial charge in [-0.2, -0.15) is 0 Å². The lowest BCUT2D eigenvalue weighted by molar-refractivity contribution is -0.0876. The fourth-order valence-corrected chi connectivity index (χ4v) is 3.07. The summed E-state index contributed by atoms with van der Waals surface area (Å²) in [5.74, 6) is -5.43. The van der Waals surface area contributed by atoms with Crippen LogP contribution in [0.5, 0.6) is 0 Å². The van der Waals surface area contributed by atoms with Gasteiger partial charge in [0.25, 0.3) is 5.91 Å². The first kappa shape index (κ1) is 16.6. The van der Waals surface area contributed by atoms with Crippen LogP contribution in [0.4, 0.5) is 23.2 Å². The molecule has 1 aliphatic rings. The predicted octanol–water partition coefficient (Wildman–Crippen LogP) is 4.61. The monoisotopic (exact) mass is 363 g/mol. The van der Waals surface area contributed by atoms with Gasteiger partial charge < -0.3 is 10.3 Å². The van der Waals surface area contributed by atoms with Crippen molar-refractivity contribution in [2.24, 2.45) is 0 Å². The molecule has 0 spiro atoms. The number of carbonyl (C=O) groups is 1. The maximum absolute atomic E-state index is 13.4. The molecule has 1 fully saturated rings.